The van der Waals surface area contributed by atoms with Crippen LogP contribution in [0.5, 0.6) is 6.01 Å². The smallest absolute Gasteiger partial charge is 0.322 e. The van der Waals surface area contributed by atoms with Crippen molar-refractivity contribution in [1.29, 1.82) is 0 Å². The minimum atomic E-state index is 0.185. The number of nitrogens with zero attached hydrogens (tertiary/aromatic N) is 4. The Morgan fingerprint density at radius 2 is 1.95 bits per heavy atom. The van der Waals surface area contributed by atoms with Crippen molar-refractivity contribution >= 4 is 11.9 Å². The number of nitrogen functional groups attached to an aromatic ring is 1. The van der Waals surface area contributed by atoms with E-state index in [1.165, 1.54) is 18.2 Å². The van der Waals surface area contributed by atoms with Crippen LogP contribution in [0, 0.1) is 0 Å². The van der Waals surface area contributed by atoms with Gasteiger partial charge in [0.25, 0.3) is 0 Å². The molecule has 2 N–H and O–H groups in total. The number of methoxy groups -OCH3 is 1. The second kappa shape index (κ2) is 5.32. The summed E-state index contributed by atoms with van der Waals surface area (Å²) in [6, 6.07) is 8.73. The molecule has 0 unspecified atom stereocenters. The van der Waals surface area contributed by atoms with E-state index in [9.17, 15) is 0 Å². The SMILES string of the molecule is COc1nc(N)nc(N2CCCc3ccccc3C2)n1. The number of hydrogen-bond acceptors (Lipinski definition) is 6. The van der Waals surface area contributed by atoms with E-state index in [-0.39, 0.29) is 12.0 Å². The monoisotopic (exact) mass is 271 g/mol. The largest absolute Gasteiger partial charge is 0.467 e. The predicted molar refractivity (Wildman–Crippen MR) is 76.6 cm³/mol. The molecule has 0 saturated heterocycles. The fraction of sp³-hybridized carbons (Fsp3) is 0.357. The molecule has 1 aliphatic heterocycles. The van der Waals surface area contributed by atoms with E-state index in [2.05, 4.69) is 44.1 Å². The molecule has 0 atom stereocenters. The van der Waals surface area contributed by atoms with Crippen LogP contribution < -0.4 is 15.4 Å². The second-order valence-corrected chi connectivity index (χ2v) is 4.77. The van der Waals surface area contributed by atoms with Crippen LogP contribution in [0.3, 0.4) is 0 Å². The molecular formula is C14H17N5O. The maximum absolute atomic E-state index is 5.71. The molecule has 1 aromatic heterocycles. The van der Waals surface area contributed by atoms with Gasteiger partial charge in [0, 0.05) is 13.1 Å². The molecule has 0 radical (unpaired) electrons. The number of anilines is 2. The molecule has 0 fully saturated rings. The first kappa shape index (κ1) is 12.7. The number of rotatable bonds is 2. The van der Waals surface area contributed by atoms with Gasteiger partial charge in [-0.25, -0.2) is 0 Å². The van der Waals surface area contributed by atoms with Crippen LogP contribution in [0.25, 0.3) is 0 Å². The number of hydrogen-bond donors (Lipinski definition) is 1. The summed E-state index contributed by atoms with van der Waals surface area (Å²) in [6.07, 6.45) is 2.13. The van der Waals surface area contributed by atoms with Crippen molar-refractivity contribution in [2.75, 3.05) is 24.3 Å². The zero-order valence-corrected chi connectivity index (χ0v) is 11.4. The van der Waals surface area contributed by atoms with Crippen molar-refractivity contribution < 1.29 is 4.74 Å². The zero-order chi connectivity index (χ0) is 13.9. The lowest BCUT2D eigenvalue weighted by Gasteiger charge is -2.20. The molecule has 1 aromatic carbocycles. The lowest BCUT2D eigenvalue weighted by Crippen LogP contribution is -2.25. The number of ether oxygens (including phenoxy) is 1. The standard InChI is InChI=1S/C14H17N5O/c1-20-14-17-12(15)16-13(18-14)19-8-4-7-10-5-2-3-6-11(10)9-19/h2-3,5-6H,4,7-9H2,1H3,(H2,15,16,17,18). The molecule has 2 aromatic rings. The van der Waals surface area contributed by atoms with Gasteiger partial charge in [0.1, 0.15) is 0 Å². The molecule has 0 aliphatic carbocycles. The van der Waals surface area contributed by atoms with Crippen molar-refractivity contribution in [2.24, 2.45) is 0 Å². The van der Waals surface area contributed by atoms with Crippen LogP contribution in [-0.2, 0) is 13.0 Å². The fourth-order valence-corrected chi connectivity index (χ4v) is 2.47. The Hall–Kier alpha value is -2.37. The molecule has 0 saturated carbocycles. The molecule has 3 rings (SSSR count). The average molecular weight is 271 g/mol. The van der Waals surface area contributed by atoms with E-state index in [0.717, 1.165) is 25.9 Å². The summed E-state index contributed by atoms with van der Waals surface area (Å²) in [5.41, 5.74) is 8.41. The second-order valence-electron chi connectivity index (χ2n) is 4.77. The summed E-state index contributed by atoms with van der Waals surface area (Å²) in [4.78, 5) is 14.6. The zero-order valence-electron chi connectivity index (χ0n) is 11.4. The highest BCUT2D eigenvalue weighted by Gasteiger charge is 2.18. The van der Waals surface area contributed by atoms with Crippen LogP contribution in [-0.4, -0.2) is 28.6 Å². The van der Waals surface area contributed by atoms with Crippen LogP contribution >= 0.6 is 0 Å². The molecule has 6 heteroatoms. The summed E-state index contributed by atoms with van der Waals surface area (Å²) in [5.74, 6) is 0.760. The van der Waals surface area contributed by atoms with E-state index in [0.29, 0.717) is 5.95 Å². The van der Waals surface area contributed by atoms with Gasteiger partial charge in [-0.05, 0) is 24.0 Å². The lowest BCUT2D eigenvalue weighted by molar-refractivity contribution is 0.379. The van der Waals surface area contributed by atoms with Gasteiger partial charge >= 0.3 is 6.01 Å². The Labute approximate surface area is 117 Å². The van der Waals surface area contributed by atoms with Gasteiger partial charge in [0.05, 0.1) is 7.11 Å². The van der Waals surface area contributed by atoms with Crippen LogP contribution in [0.2, 0.25) is 0 Å². The van der Waals surface area contributed by atoms with E-state index in [1.807, 2.05) is 0 Å². The Kier molecular flexibility index (Phi) is 3.37. The van der Waals surface area contributed by atoms with E-state index >= 15 is 0 Å². The molecule has 6 nitrogen and oxygen atoms in total. The summed E-state index contributed by atoms with van der Waals surface area (Å²) < 4.78 is 5.06. The van der Waals surface area contributed by atoms with Gasteiger partial charge < -0.3 is 15.4 Å². The minimum Gasteiger partial charge on any atom is -0.467 e. The molecule has 0 bridgehead atoms. The van der Waals surface area contributed by atoms with Crippen LogP contribution in [0.1, 0.15) is 17.5 Å². The topological polar surface area (TPSA) is 77.2 Å². The van der Waals surface area contributed by atoms with E-state index < -0.39 is 0 Å². The third kappa shape index (κ3) is 2.49. The van der Waals surface area contributed by atoms with Crippen molar-refractivity contribution in [2.45, 2.75) is 19.4 Å². The Morgan fingerprint density at radius 1 is 1.15 bits per heavy atom. The third-order valence-corrected chi connectivity index (χ3v) is 3.44. The molecule has 104 valence electrons. The van der Waals surface area contributed by atoms with Gasteiger partial charge in [0.15, 0.2) is 0 Å². The Balaban J connectivity index is 1.93. The highest BCUT2D eigenvalue weighted by Crippen LogP contribution is 2.22. The average Bonchev–Trinajstić information content (AvgIpc) is 2.68. The first-order valence-corrected chi connectivity index (χ1v) is 6.63. The summed E-state index contributed by atoms with van der Waals surface area (Å²) in [6.45, 7) is 1.67. The number of nitrogens with two attached hydrogens (primary N) is 1. The normalized spacial score (nSPS) is 14.6. The molecule has 0 spiro atoms. The lowest BCUT2D eigenvalue weighted by atomic mass is 10.0. The number of benzene rings is 1. The van der Waals surface area contributed by atoms with Gasteiger partial charge in [-0.3, -0.25) is 0 Å². The maximum Gasteiger partial charge on any atom is 0.322 e. The highest BCUT2D eigenvalue weighted by molar-refractivity contribution is 5.40. The Bertz CT molecular complexity index is 616. The van der Waals surface area contributed by atoms with Crippen LogP contribution in [0.15, 0.2) is 24.3 Å². The van der Waals surface area contributed by atoms with Gasteiger partial charge in [-0.2, -0.15) is 15.0 Å². The Morgan fingerprint density at radius 3 is 2.75 bits per heavy atom. The summed E-state index contributed by atoms with van der Waals surface area (Å²) in [7, 11) is 1.52. The quantitative estimate of drug-likeness (QED) is 0.890. The van der Waals surface area contributed by atoms with Crippen molar-refractivity contribution in [3.05, 3.63) is 35.4 Å². The molecule has 1 aliphatic rings. The predicted octanol–water partition coefficient (Wildman–Crippen LogP) is 1.42. The fourth-order valence-electron chi connectivity index (χ4n) is 2.47. The molecule has 2 heterocycles. The van der Waals surface area contributed by atoms with Crippen molar-refractivity contribution in [1.82, 2.24) is 15.0 Å². The third-order valence-electron chi connectivity index (χ3n) is 3.44. The summed E-state index contributed by atoms with van der Waals surface area (Å²) >= 11 is 0. The number of fused-ring (bicyclic) bond motifs is 1. The molecule has 0 amide bonds. The van der Waals surface area contributed by atoms with E-state index in [1.54, 1.807) is 0 Å². The maximum atomic E-state index is 5.71. The van der Waals surface area contributed by atoms with Crippen LogP contribution in [0.4, 0.5) is 11.9 Å². The van der Waals surface area contributed by atoms with Gasteiger partial charge in [-0.1, -0.05) is 24.3 Å². The van der Waals surface area contributed by atoms with Crippen molar-refractivity contribution in [3.8, 4) is 6.01 Å². The van der Waals surface area contributed by atoms with Gasteiger partial charge in [0.2, 0.25) is 11.9 Å². The van der Waals surface area contributed by atoms with E-state index in [4.69, 9.17) is 10.5 Å². The minimum absolute atomic E-state index is 0.185. The molecule has 20 heavy (non-hydrogen) atoms. The summed E-state index contributed by atoms with van der Waals surface area (Å²) in [5, 5.41) is 0. The number of aryl methyl sites for hydroxylation is 1. The first-order chi connectivity index (χ1) is 9.76. The highest BCUT2D eigenvalue weighted by atomic mass is 16.5. The number of aromatic nitrogens is 3. The van der Waals surface area contributed by atoms with Crippen molar-refractivity contribution in [3.63, 3.8) is 0 Å². The molecular weight excluding hydrogens is 254 g/mol. The first-order valence-electron chi connectivity index (χ1n) is 6.63. The van der Waals surface area contributed by atoms with Gasteiger partial charge in [-0.15, -0.1) is 0 Å².